The Morgan fingerprint density at radius 1 is 1.17 bits per heavy atom. The average Bonchev–Trinajstić information content (AvgIpc) is 3.21. The van der Waals surface area contributed by atoms with E-state index in [1.54, 1.807) is 0 Å². The molecule has 0 aromatic heterocycles. The topological polar surface area (TPSA) is 73.8 Å². The molecule has 6 heteroatoms. The minimum atomic E-state index is -0.0977. The molecule has 23 heavy (non-hydrogen) atoms. The van der Waals surface area contributed by atoms with E-state index in [4.69, 9.17) is 0 Å². The van der Waals surface area contributed by atoms with Gasteiger partial charge in [0, 0.05) is 26.2 Å². The standard InChI is InChI=1S/C17H26N4O2/c1-3-7-19-17(18-4-2)20-8-9-21-15(22)13-11-5-6-12(10-11)14(13)16(21)23/h5-6,11-14H,3-4,7-10H2,1-2H3,(H2,18,19,20). The van der Waals surface area contributed by atoms with E-state index in [9.17, 15) is 9.59 Å². The summed E-state index contributed by atoms with van der Waals surface area (Å²) in [7, 11) is 0. The number of hydrogen-bond acceptors (Lipinski definition) is 3. The predicted molar refractivity (Wildman–Crippen MR) is 88.7 cm³/mol. The highest BCUT2D eigenvalue weighted by atomic mass is 16.2. The lowest BCUT2D eigenvalue weighted by molar-refractivity contribution is -0.140. The Morgan fingerprint density at radius 3 is 2.39 bits per heavy atom. The molecule has 2 fully saturated rings. The van der Waals surface area contributed by atoms with Crippen molar-refractivity contribution in [2.45, 2.75) is 26.7 Å². The Balaban J connectivity index is 1.55. The second-order valence-electron chi connectivity index (χ2n) is 6.52. The number of fused-ring (bicyclic) bond motifs is 5. The first-order chi connectivity index (χ1) is 11.2. The summed E-state index contributed by atoms with van der Waals surface area (Å²) >= 11 is 0. The molecule has 0 spiro atoms. The first-order valence-electron chi connectivity index (χ1n) is 8.73. The van der Waals surface area contributed by atoms with Crippen molar-refractivity contribution in [3.8, 4) is 0 Å². The smallest absolute Gasteiger partial charge is 0.233 e. The number of hydrogen-bond donors (Lipinski definition) is 2. The van der Waals surface area contributed by atoms with E-state index in [1.165, 1.54) is 4.90 Å². The van der Waals surface area contributed by atoms with Gasteiger partial charge in [0.05, 0.1) is 11.8 Å². The summed E-state index contributed by atoms with van der Waals surface area (Å²) in [6, 6.07) is 0. The molecule has 0 radical (unpaired) electrons. The van der Waals surface area contributed by atoms with Crippen LogP contribution in [0.2, 0.25) is 0 Å². The van der Waals surface area contributed by atoms with Gasteiger partial charge < -0.3 is 10.6 Å². The van der Waals surface area contributed by atoms with E-state index >= 15 is 0 Å². The SMILES string of the molecule is CCCN=C(NCC)NCCN1C(=O)C2C3C=CC(C3)C2C1=O. The van der Waals surface area contributed by atoms with Crippen molar-refractivity contribution in [1.29, 1.82) is 0 Å². The molecule has 1 saturated carbocycles. The van der Waals surface area contributed by atoms with Crippen LogP contribution in [0.25, 0.3) is 0 Å². The molecule has 126 valence electrons. The Kier molecular flexibility index (Phi) is 4.68. The summed E-state index contributed by atoms with van der Waals surface area (Å²) in [5, 5.41) is 6.37. The molecule has 3 rings (SSSR count). The van der Waals surface area contributed by atoms with Crippen molar-refractivity contribution < 1.29 is 9.59 Å². The molecule has 2 aliphatic carbocycles. The van der Waals surface area contributed by atoms with Crippen LogP contribution >= 0.6 is 0 Å². The molecule has 1 saturated heterocycles. The first kappa shape index (κ1) is 16.0. The summed E-state index contributed by atoms with van der Waals surface area (Å²) in [4.78, 5) is 31.0. The number of likely N-dealkylation sites (tertiary alicyclic amines) is 1. The zero-order valence-corrected chi connectivity index (χ0v) is 13.9. The lowest BCUT2D eigenvalue weighted by Gasteiger charge is -2.18. The van der Waals surface area contributed by atoms with Crippen LogP contribution in [0.5, 0.6) is 0 Å². The van der Waals surface area contributed by atoms with Crippen LogP contribution in [0.3, 0.4) is 0 Å². The largest absolute Gasteiger partial charge is 0.357 e. The van der Waals surface area contributed by atoms with Crippen LogP contribution in [0.15, 0.2) is 17.1 Å². The van der Waals surface area contributed by atoms with E-state index in [1.807, 2.05) is 6.92 Å². The van der Waals surface area contributed by atoms with E-state index in [2.05, 4.69) is 34.7 Å². The summed E-state index contributed by atoms with van der Waals surface area (Å²) < 4.78 is 0. The third-order valence-corrected chi connectivity index (χ3v) is 5.03. The van der Waals surface area contributed by atoms with E-state index in [0.29, 0.717) is 13.1 Å². The quantitative estimate of drug-likeness (QED) is 0.328. The number of nitrogens with one attached hydrogen (secondary N) is 2. The van der Waals surface area contributed by atoms with Gasteiger partial charge in [0.2, 0.25) is 11.8 Å². The Morgan fingerprint density at radius 2 is 1.83 bits per heavy atom. The number of carbonyl (C=O) groups excluding carboxylic acids is 2. The minimum Gasteiger partial charge on any atom is -0.357 e. The van der Waals surface area contributed by atoms with Crippen molar-refractivity contribution in [2.24, 2.45) is 28.7 Å². The molecular weight excluding hydrogens is 292 g/mol. The molecule has 4 atom stereocenters. The van der Waals surface area contributed by atoms with Crippen molar-refractivity contribution >= 4 is 17.8 Å². The van der Waals surface area contributed by atoms with Gasteiger partial charge >= 0.3 is 0 Å². The molecule has 2 bridgehead atoms. The molecular formula is C17H26N4O2. The molecule has 0 aromatic rings. The first-order valence-corrected chi connectivity index (χ1v) is 8.73. The fourth-order valence-electron chi connectivity index (χ4n) is 4.04. The highest BCUT2D eigenvalue weighted by Crippen LogP contribution is 2.52. The average molecular weight is 318 g/mol. The van der Waals surface area contributed by atoms with Crippen LogP contribution in [0.1, 0.15) is 26.7 Å². The lowest BCUT2D eigenvalue weighted by Crippen LogP contribution is -2.43. The maximum atomic E-state index is 12.6. The monoisotopic (exact) mass is 318 g/mol. The molecule has 0 aromatic carbocycles. The summed E-state index contributed by atoms with van der Waals surface area (Å²) in [6.07, 6.45) is 6.21. The van der Waals surface area contributed by atoms with Crippen molar-refractivity contribution in [2.75, 3.05) is 26.2 Å². The van der Waals surface area contributed by atoms with Crippen LogP contribution in [0, 0.1) is 23.7 Å². The predicted octanol–water partition coefficient (Wildman–Crippen LogP) is 0.759. The normalized spacial score (nSPS) is 31.9. The van der Waals surface area contributed by atoms with Gasteiger partial charge in [0.25, 0.3) is 0 Å². The molecule has 3 aliphatic rings. The van der Waals surface area contributed by atoms with Crippen molar-refractivity contribution in [3.05, 3.63) is 12.2 Å². The number of nitrogens with zero attached hydrogens (tertiary/aromatic N) is 2. The number of aliphatic imine (C=N–C) groups is 1. The molecule has 4 unspecified atom stereocenters. The second-order valence-corrected chi connectivity index (χ2v) is 6.52. The maximum Gasteiger partial charge on any atom is 0.233 e. The number of rotatable bonds is 6. The van der Waals surface area contributed by atoms with Crippen LogP contribution in [-0.4, -0.2) is 48.9 Å². The number of imide groups is 1. The lowest BCUT2D eigenvalue weighted by atomic mass is 9.85. The minimum absolute atomic E-state index is 0.0224. The zero-order chi connectivity index (χ0) is 16.4. The van der Waals surface area contributed by atoms with Gasteiger partial charge in [0.15, 0.2) is 5.96 Å². The van der Waals surface area contributed by atoms with Crippen molar-refractivity contribution in [3.63, 3.8) is 0 Å². The fourth-order valence-corrected chi connectivity index (χ4v) is 4.04. The number of guanidine groups is 1. The van der Waals surface area contributed by atoms with Gasteiger partial charge in [-0.2, -0.15) is 0 Å². The Bertz CT molecular complexity index is 513. The van der Waals surface area contributed by atoms with E-state index < -0.39 is 0 Å². The Labute approximate surface area is 137 Å². The highest BCUT2D eigenvalue weighted by Gasteiger charge is 2.58. The molecule has 1 aliphatic heterocycles. The third-order valence-electron chi connectivity index (χ3n) is 5.03. The Hall–Kier alpha value is -1.85. The van der Waals surface area contributed by atoms with Crippen LogP contribution in [-0.2, 0) is 9.59 Å². The van der Waals surface area contributed by atoms with Gasteiger partial charge in [-0.05, 0) is 31.6 Å². The molecule has 6 nitrogen and oxygen atoms in total. The van der Waals surface area contributed by atoms with Gasteiger partial charge in [0.1, 0.15) is 0 Å². The van der Waals surface area contributed by atoms with Gasteiger partial charge in [-0.3, -0.25) is 19.5 Å². The van der Waals surface area contributed by atoms with Crippen molar-refractivity contribution in [1.82, 2.24) is 15.5 Å². The molecule has 2 amide bonds. The summed E-state index contributed by atoms with van der Waals surface area (Å²) in [6.45, 7) is 6.60. The number of allylic oxidation sites excluding steroid dienone is 2. The zero-order valence-electron chi connectivity index (χ0n) is 13.9. The van der Waals surface area contributed by atoms with Gasteiger partial charge in [-0.25, -0.2) is 0 Å². The van der Waals surface area contributed by atoms with Crippen LogP contribution in [0.4, 0.5) is 0 Å². The number of carbonyl (C=O) groups is 2. The second kappa shape index (κ2) is 6.72. The van der Waals surface area contributed by atoms with Gasteiger partial charge in [-0.15, -0.1) is 0 Å². The van der Waals surface area contributed by atoms with E-state index in [0.717, 1.165) is 31.9 Å². The number of amides is 2. The third kappa shape index (κ3) is 2.86. The van der Waals surface area contributed by atoms with E-state index in [-0.39, 0.29) is 35.5 Å². The molecule has 2 N–H and O–H groups in total. The maximum absolute atomic E-state index is 12.6. The molecule has 1 heterocycles. The van der Waals surface area contributed by atoms with Crippen LogP contribution < -0.4 is 10.6 Å². The fraction of sp³-hybridized carbons (Fsp3) is 0.706. The highest BCUT2D eigenvalue weighted by molar-refractivity contribution is 6.06. The summed E-state index contributed by atoms with van der Waals surface area (Å²) in [5.41, 5.74) is 0. The van der Waals surface area contributed by atoms with Gasteiger partial charge in [-0.1, -0.05) is 19.1 Å². The summed E-state index contributed by atoms with van der Waals surface area (Å²) in [5.74, 6) is 1.16.